The zero-order valence-electron chi connectivity index (χ0n) is 9.72. The number of nitrogens with one attached hydrogen (secondary N) is 1. The van der Waals surface area contributed by atoms with Crippen molar-refractivity contribution in [1.82, 2.24) is 24.9 Å². The van der Waals surface area contributed by atoms with Crippen LogP contribution in [0.1, 0.15) is 11.1 Å². The third-order valence-corrected chi connectivity index (χ3v) is 2.46. The van der Waals surface area contributed by atoms with Crippen molar-refractivity contribution in [2.75, 3.05) is 7.05 Å². The molecular formula is C11H17N5. The quantitative estimate of drug-likeness (QED) is 0.800. The van der Waals surface area contributed by atoms with Crippen LogP contribution in [-0.2, 0) is 26.6 Å². The largest absolute Gasteiger partial charge is 0.316 e. The lowest BCUT2D eigenvalue weighted by atomic mass is 10.2. The van der Waals surface area contributed by atoms with E-state index in [1.165, 1.54) is 11.1 Å². The Morgan fingerprint density at radius 1 is 1.19 bits per heavy atom. The van der Waals surface area contributed by atoms with E-state index >= 15 is 0 Å². The Labute approximate surface area is 95.1 Å². The predicted molar refractivity (Wildman–Crippen MR) is 61.9 cm³/mol. The molecule has 0 spiro atoms. The van der Waals surface area contributed by atoms with E-state index in [1.54, 1.807) is 0 Å². The maximum atomic E-state index is 4.31. The molecule has 0 radical (unpaired) electrons. The normalized spacial score (nSPS) is 10.9. The third-order valence-electron chi connectivity index (χ3n) is 2.46. The molecule has 0 saturated carbocycles. The van der Waals surface area contributed by atoms with E-state index in [4.69, 9.17) is 0 Å². The molecule has 2 heterocycles. The van der Waals surface area contributed by atoms with Gasteiger partial charge in [0.2, 0.25) is 0 Å². The molecule has 0 atom stereocenters. The fraction of sp³-hybridized carbons (Fsp3) is 0.455. The Hall–Kier alpha value is -1.62. The van der Waals surface area contributed by atoms with Gasteiger partial charge >= 0.3 is 0 Å². The maximum absolute atomic E-state index is 4.31. The summed E-state index contributed by atoms with van der Waals surface area (Å²) in [4.78, 5) is 0. The average Bonchev–Trinajstić information content (AvgIpc) is 2.85. The maximum Gasteiger partial charge on any atom is 0.0534 e. The lowest BCUT2D eigenvalue weighted by molar-refractivity contribution is 0.613. The standard InChI is InChI=1S/C11H17N5/c1-12-5-11-7-14-16(9-11)4-3-10-6-13-15(2)8-10/h6-9,12H,3-5H2,1-2H3. The zero-order chi connectivity index (χ0) is 11.4. The fourth-order valence-corrected chi connectivity index (χ4v) is 1.67. The molecule has 2 aromatic rings. The van der Waals surface area contributed by atoms with E-state index in [0.717, 1.165) is 19.5 Å². The lowest BCUT2D eigenvalue weighted by Crippen LogP contribution is -2.04. The first-order chi connectivity index (χ1) is 7.78. The van der Waals surface area contributed by atoms with Gasteiger partial charge in [0.25, 0.3) is 0 Å². The third kappa shape index (κ3) is 2.70. The molecule has 0 aliphatic rings. The van der Waals surface area contributed by atoms with Crippen molar-refractivity contribution in [2.24, 2.45) is 7.05 Å². The van der Waals surface area contributed by atoms with Crippen molar-refractivity contribution in [2.45, 2.75) is 19.5 Å². The summed E-state index contributed by atoms with van der Waals surface area (Å²) in [7, 11) is 3.87. The van der Waals surface area contributed by atoms with E-state index in [2.05, 4.69) is 21.7 Å². The number of hydrogen-bond donors (Lipinski definition) is 1. The van der Waals surface area contributed by atoms with Crippen molar-refractivity contribution in [3.63, 3.8) is 0 Å². The SMILES string of the molecule is CNCc1cnn(CCc2cnn(C)c2)c1. The first-order valence-electron chi connectivity index (χ1n) is 5.41. The van der Waals surface area contributed by atoms with Crippen molar-refractivity contribution >= 4 is 0 Å². The summed E-state index contributed by atoms with van der Waals surface area (Å²) in [5, 5.41) is 11.6. The summed E-state index contributed by atoms with van der Waals surface area (Å²) in [5.74, 6) is 0. The molecule has 1 N–H and O–H groups in total. The number of nitrogens with zero attached hydrogens (tertiary/aromatic N) is 4. The second kappa shape index (κ2) is 4.94. The molecule has 0 unspecified atom stereocenters. The molecule has 5 heteroatoms. The van der Waals surface area contributed by atoms with Gasteiger partial charge in [0.1, 0.15) is 0 Å². The van der Waals surface area contributed by atoms with Gasteiger partial charge in [-0.25, -0.2) is 0 Å². The number of hydrogen-bond acceptors (Lipinski definition) is 3. The Balaban J connectivity index is 1.89. The summed E-state index contributed by atoms with van der Waals surface area (Å²) >= 11 is 0. The van der Waals surface area contributed by atoms with Crippen molar-refractivity contribution in [3.8, 4) is 0 Å². The van der Waals surface area contributed by atoms with Crippen molar-refractivity contribution < 1.29 is 0 Å². The molecule has 0 aromatic carbocycles. The van der Waals surface area contributed by atoms with Gasteiger partial charge < -0.3 is 5.32 Å². The van der Waals surface area contributed by atoms with Crippen LogP contribution in [0.25, 0.3) is 0 Å². The zero-order valence-corrected chi connectivity index (χ0v) is 9.72. The highest BCUT2D eigenvalue weighted by Crippen LogP contribution is 2.02. The van der Waals surface area contributed by atoms with Gasteiger partial charge in [-0.15, -0.1) is 0 Å². The lowest BCUT2D eigenvalue weighted by Gasteiger charge is -1.98. The molecule has 0 bridgehead atoms. The number of aromatic nitrogens is 4. The monoisotopic (exact) mass is 219 g/mol. The van der Waals surface area contributed by atoms with Gasteiger partial charge in [-0.1, -0.05) is 0 Å². The summed E-state index contributed by atoms with van der Waals surface area (Å²) in [6, 6.07) is 0. The number of aryl methyl sites for hydroxylation is 3. The van der Waals surface area contributed by atoms with E-state index in [-0.39, 0.29) is 0 Å². The molecule has 0 amide bonds. The minimum Gasteiger partial charge on any atom is -0.316 e. The van der Waals surface area contributed by atoms with Crippen LogP contribution >= 0.6 is 0 Å². The van der Waals surface area contributed by atoms with Crippen LogP contribution in [0.4, 0.5) is 0 Å². The molecule has 0 fully saturated rings. The fourth-order valence-electron chi connectivity index (χ4n) is 1.67. The van der Waals surface area contributed by atoms with Gasteiger partial charge in [-0.2, -0.15) is 10.2 Å². The van der Waals surface area contributed by atoms with Crippen LogP contribution in [-0.4, -0.2) is 26.6 Å². The second-order valence-corrected chi connectivity index (χ2v) is 3.91. The summed E-state index contributed by atoms with van der Waals surface area (Å²) in [5.41, 5.74) is 2.46. The van der Waals surface area contributed by atoms with E-state index in [9.17, 15) is 0 Å². The molecular weight excluding hydrogens is 202 g/mol. The van der Waals surface area contributed by atoms with Gasteiger partial charge in [0, 0.05) is 38.1 Å². The van der Waals surface area contributed by atoms with Gasteiger partial charge in [0.15, 0.2) is 0 Å². The van der Waals surface area contributed by atoms with Crippen LogP contribution in [0.3, 0.4) is 0 Å². The van der Waals surface area contributed by atoms with Crippen LogP contribution in [0.2, 0.25) is 0 Å². The highest BCUT2D eigenvalue weighted by molar-refractivity contribution is 5.05. The van der Waals surface area contributed by atoms with Crippen molar-refractivity contribution in [3.05, 3.63) is 35.9 Å². The molecule has 2 rings (SSSR count). The minimum absolute atomic E-state index is 0.868. The van der Waals surface area contributed by atoms with Crippen LogP contribution < -0.4 is 5.32 Å². The molecule has 0 saturated heterocycles. The topological polar surface area (TPSA) is 47.7 Å². The highest BCUT2D eigenvalue weighted by atomic mass is 15.3. The second-order valence-electron chi connectivity index (χ2n) is 3.91. The Bertz CT molecular complexity index is 443. The van der Waals surface area contributed by atoms with Crippen LogP contribution in [0, 0.1) is 0 Å². The molecule has 0 aliphatic carbocycles. The molecule has 5 nitrogen and oxygen atoms in total. The van der Waals surface area contributed by atoms with Gasteiger partial charge in [-0.3, -0.25) is 9.36 Å². The summed E-state index contributed by atoms with van der Waals surface area (Å²) in [6.45, 7) is 1.77. The highest BCUT2D eigenvalue weighted by Gasteiger charge is 1.99. The Kier molecular flexibility index (Phi) is 3.36. The molecule has 86 valence electrons. The summed E-state index contributed by atoms with van der Waals surface area (Å²) < 4.78 is 3.80. The minimum atomic E-state index is 0.868. The van der Waals surface area contributed by atoms with Gasteiger partial charge in [0.05, 0.1) is 12.4 Å². The van der Waals surface area contributed by atoms with Gasteiger partial charge in [-0.05, 0) is 19.0 Å². The van der Waals surface area contributed by atoms with Crippen LogP contribution in [0.5, 0.6) is 0 Å². The van der Waals surface area contributed by atoms with Crippen molar-refractivity contribution in [1.29, 1.82) is 0 Å². The Morgan fingerprint density at radius 2 is 2.00 bits per heavy atom. The Morgan fingerprint density at radius 3 is 2.69 bits per heavy atom. The average molecular weight is 219 g/mol. The molecule has 0 aliphatic heterocycles. The van der Waals surface area contributed by atoms with E-state index in [1.807, 2.05) is 42.0 Å². The van der Waals surface area contributed by atoms with Crippen LogP contribution in [0.15, 0.2) is 24.8 Å². The predicted octanol–water partition coefficient (Wildman–Crippen LogP) is 0.579. The van der Waals surface area contributed by atoms with E-state index in [0.29, 0.717) is 0 Å². The summed E-state index contributed by atoms with van der Waals surface area (Å²) in [6.07, 6.45) is 8.89. The smallest absolute Gasteiger partial charge is 0.0534 e. The number of rotatable bonds is 5. The van der Waals surface area contributed by atoms with E-state index < -0.39 is 0 Å². The molecule has 2 aromatic heterocycles. The first-order valence-corrected chi connectivity index (χ1v) is 5.41. The first kappa shape index (κ1) is 10.9. The molecule has 16 heavy (non-hydrogen) atoms.